The maximum Gasteiger partial charge on any atom is 0.256 e. The van der Waals surface area contributed by atoms with Gasteiger partial charge in [-0.3, -0.25) is 4.79 Å². The third-order valence-electron chi connectivity index (χ3n) is 5.46. The monoisotopic (exact) mass is 381 g/mol. The number of fused-ring (bicyclic) bond motifs is 1. The number of nitrogens with zero attached hydrogens (tertiary/aromatic N) is 2. The van der Waals surface area contributed by atoms with Crippen LogP contribution in [0.5, 0.6) is 0 Å². The molecular formula is C21H23N3O2S. The second-order valence-corrected chi connectivity index (χ2v) is 8.33. The summed E-state index contributed by atoms with van der Waals surface area (Å²) in [6.45, 7) is 1.09. The molecule has 6 heteroatoms. The molecule has 1 amide bonds. The van der Waals surface area contributed by atoms with E-state index in [4.69, 9.17) is 10.5 Å². The molecule has 1 aromatic carbocycles. The van der Waals surface area contributed by atoms with Crippen molar-refractivity contribution in [1.29, 1.82) is 5.26 Å². The summed E-state index contributed by atoms with van der Waals surface area (Å²) in [5, 5.41) is 9.87. The van der Waals surface area contributed by atoms with Gasteiger partial charge >= 0.3 is 0 Å². The summed E-state index contributed by atoms with van der Waals surface area (Å²) < 4.78 is 6.29. The maximum absolute atomic E-state index is 13.4. The van der Waals surface area contributed by atoms with Crippen molar-refractivity contribution in [1.82, 2.24) is 4.90 Å². The first kappa shape index (κ1) is 18.0. The van der Waals surface area contributed by atoms with Crippen LogP contribution in [0.25, 0.3) is 0 Å². The molecule has 0 spiro atoms. The first-order valence-corrected chi connectivity index (χ1v) is 10.3. The molecule has 0 radical (unpaired) electrons. The highest BCUT2D eigenvalue weighted by atomic mass is 32.1. The number of nitriles is 1. The SMILES string of the molecule is N#Cc1c(N)sc2c1CCN(C(=O)[C@H](OC1CCCC1)c1ccccc1)C2. The minimum atomic E-state index is -0.566. The van der Waals surface area contributed by atoms with Crippen LogP contribution in [0.4, 0.5) is 5.00 Å². The Morgan fingerprint density at radius 2 is 2.04 bits per heavy atom. The van der Waals surface area contributed by atoms with Gasteiger partial charge in [0.25, 0.3) is 5.91 Å². The molecule has 5 nitrogen and oxygen atoms in total. The van der Waals surface area contributed by atoms with Crippen molar-refractivity contribution in [2.75, 3.05) is 12.3 Å². The Labute approximate surface area is 163 Å². The Bertz CT molecular complexity index is 866. The number of hydrogen-bond donors (Lipinski definition) is 1. The fraction of sp³-hybridized carbons (Fsp3) is 0.429. The number of anilines is 1. The van der Waals surface area contributed by atoms with E-state index in [0.717, 1.165) is 28.8 Å². The van der Waals surface area contributed by atoms with E-state index in [2.05, 4.69) is 6.07 Å². The molecule has 1 saturated carbocycles. The molecule has 1 aliphatic carbocycles. The third kappa shape index (κ3) is 3.58. The third-order valence-corrected chi connectivity index (χ3v) is 6.51. The number of nitrogen functional groups attached to an aromatic ring is 1. The number of nitrogens with two attached hydrogens (primary N) is 1. The quantitative estimate of drug-likeness (QED) is 0.874. The summed E-state index contributed by atoms with van der Waals surface area (Å²) in [5.74, 6) is 0.00392. The summed E-state index contributed by atoms with van der Waals surface area (Å²) in [6, 6.07) is 12.0. The van der Waals surface area contributed by atoms with E-state index in [1.807, 2.05) is 35.2 Å². The van der Waals surface area contributed by atoms with Crippen molar-refractivity contribution in [3.63, 3.8) is 0 Å². The molecular weight excluding hydrogens is 358 g/mol. The molecule has 0 unspecified atom stereocenters. The maximum atomic E-state index is 13.4. The normalized spacial score (nSPS) is 18.1. The zero-order chi connectivity index (χ0) is 18.8. The Morgan fingerprint density at radius 1 is 1.30 bits per heavy atom. The highest BCUT2D eigenvalue weighted by molar-refractivity contribution is 7.16. The van der Waals surface area contributed by atoms with Crippen LogP contribution in [-0.4, -0.2) is 23.5 Å². The lowest BCUT2D eigenvalue weighted by Crippen LogP contribution is -2.40. The van der Waals surface area contributed by atoms with Crippen molar-refractivity contribution >= 4 is 22.2 Å². The summed E-state index contributed by atoms with van der Waals surface area (Å²) in [5.41, 5.74) is 8.49. The zero-order valence-corrected chi connectivity index (χ0v) is 16.0. The molecule has 27 heavy (non-hydrogen) atoms. The second-order valence-electron chi connectivity index (χ2n) is 7.20. The van der Waals surface area contributed by atoms with Crippen molar-refractivity contribution in [3.05, 3.63) is 51.9 Å². The lowest BCUT2D eigenvalue weighted by molar-refractivity contribution is -0.149. The minimum absolute atomic E-state index is 0.00392. The van der Waals surface area contributed by atoms with Crippen LogP contribution in [-0.2, 0) is 22.5 Å². The summed E-state index contributed by atoms with van der Waals surface area (Å²) in [6.07, 6.45) is 4.63. The van der Waals surface area contributed by atoms with Gasteiger partial charge in [-0.05, 0) is 30.4 Å². The average Bonchev–Trinajstić information content (AvgIpc) is 3.32. The fourth-order valence-corrected chi connectivity index (χ4v) is 5.11. The fourth-order valence-electron chi connectivity index (χ4n) is 4.03. The lowest BCUT2D eigenvalue weighted by atomic mass is 10.0. The Balaban J connectivity index is 1.57. The summed E-state index contributed by atoms with van der Waals surface area (Å²) in [7, 11) is 0. The van der Waals surface area contributed by atoms with E-state index in [0.29, 0.717) is 30.1 Å². The molecule has 4 rings (SSSR count). The van der Waals surface area contributed by atoms with E-state index in [-0.39, 0.29) is 12.0 Å². The molecule has 1 aromatic heterocycles. The number of benzene rings is 1. The number of amides is 1. The highest BCUT2D eigenvalue weighted by Crippen LogP contribution is 2.36. The first-order chi connectivity index (χ1) is 13.2. The van der Waals surface area contributed by atoms with Crippen LogP contribution < -0.4 is 5.73 Å². The van der Waals surface area contributed by atoms with Crippen LogP contribution in [0.2, 0.25) is 0 Å². The van der Waals surface area contributed by atoms with Crippen LogP contribution in [0.3, 0.4) is 0 Å². The van der Waals surface area contributed by atoms with Gasteiger partial charge < -0.3 is 15.4 Å². The van der Waals surface area contributed by atoms with Crippen molar-refractivity contribution in [2.45, 2.75) is 50.9 Å². The molecule has 2 heterocycles. The second kappa shape index (κ2) is 7.71. The minimum Gasteiger partial charge on any atom is -0.389 e. The summed E-state index contributed by atoms with van der Waals surface area (Å²) >= 11 is 1.42. The van der Waals surface area contributed by atoms with Gasteiger partial charge in [0.05, 0.1) is 18.2 Å². The Morgan fingerprint density at radius 3 is 2.74 bits per heavy atom. The molecule has 2 N–H and O–H groups in total. The molecule has 140 valence electrons. The van der Waals surface area contributed by atoms with E-state index in [1.165, 1.54) is 24.2 Å². The molecule has 0 bridgehead atoms. The molecule has 2 aromatic rings. The van der Waals surface area contributed by atoms with Gasteiger partial charge in [-0.25, -0.2) is 0 Å². The predicted molar refractivity (Wildman–Crippen MR) is 105 cm³/mol. The van der Waals surface area contributed by atoms with E-state index < -0.39 is 6.10 Å². The van der Waals surface area contributed by atoms with E-state index in [1.54, 1.807) is 0 Å². The van der Waals surface area contributed by atoms with Crippen molar-refractivity contribution < 1.29 is 9.53 Å². The highest BCUT2D eigenvalue weighted by Gasteiger charge is 2.33. The van der Waals surface area contributed by atoms with Crippen LogP contribution in [0.1, 0.15) is 53.4 Å². The molecule has 1 fully saturated rings. The predicted octanol–water partition coefficient (Wildman–Crippen LogP) is 3.79. The number of rotatable bonds is 4. The van der Waals surface area contributed by atoms with E-state index in [9.17, 15) is 10.1 Å². The summed E-state index contributed by atoms with van der Waals surface area (Å²) in [4.78, 5) is 16.2. The van der Waals surface area contributed by atoms with Crippen molar-refractivity contribution in [3.8, 4) is 6.07 Å². The standard InChI is InChI=1S/C21H23N3O2S/c22-12-17-16-10-11-24(13-18(16)27-20(17)23)21(25)19(14-6-2-1-3-7-14)26-15-8-4-5-9-15/h1-3,6-7,15,19H,4-5,8-11,13,23H2/t19-/m1/s1. The van der Waals surface area contributed by atoms with Gasteiger partial charge in [0.2, 0.25) is 0 Å². The molecule has 1 aliphatic heterocycles. The van der Waals surface area contributed by atoms with Gasteiger partial charge in [0.15, 0.2) is 6.10 Å². The smallest absolute Gasteiger partial charge is 0.256 e. The van der Waals surface area contributed by atoms with Crippen LogP contribution in [0, 0.1) is 11.3 Å². The van der Waals surface area contributed by atoms with Gasteiger partial charge in [-0.2, -0.15) is 5.26 Å². The number of carbonyl (C=O) groups is 1. The number of carbonyl (C=O) groups excluding carboxylic acids is 1. The van der Waals surface area contributed by atoms with Crippen molar-refractivity contribution in [2.24, 2.45) is 0 Å². The van der Waals surface area contributed by atoms with Crippen LogP contribution in [0.15, 0.2) is 30.3 Å². The van der Waals surface area contributed by atoms with Gasteiger partial charge in [0, 0.05) is 11.4 Å². The Kier molecular flexibility index (Phi) is 5.15. The average molecular weight is 382 g/mol. The van der Waals surface area contributed by atoms with Crippen LogP contribution >= 0.6 is 11.3 Å². The van der Waals surface area contributed by atoms with Gasteiger partial charge in [-0.15, -0.1) is 11.3 Å². The lowest BCUT2D eigenvalue weighted by Gasteiger charge is -2.31. The Hall–Kier alpha value is -2.36. The first-order valence-electron chi connectivity index (χ1n) is 9.46. The zero-order valence-electron chi connectivity index (χ0n) is 15.2. The number of hydrogen-bond acceptors (Lipinski definition) is 5. The topological polar surface area (TPSA) is 79.4 Å². The van der Waals surface area contributed by atoms with Gasteiger partial charge in [0.1, 0.15) is 11.1 Å². The number of ether oxygens (including phenoxy) is 1. The number of thiophene rings is 1. The molecule has 0 saturated heterocycles. The molecule has 1 atom stereocenters. The van der Waals surface area contributed by atoms with E-state index >= 15 is 0 Å². The largest absolute Gasteiger partial charge is 0.389 e. The molecule has 2 aliphatic rings. The van der Waals surface area contributed by atoms with Gasteiger partial charge in [-0.1, -0.05) is 43.2 Å².